The lowest BCUT2D eigenvalue weighted by molar-refractivity contribution is -0.129. The average molecular weight is 667 g/mol. The minimum absolute atomic E-state index is 0.135. The minimum Gasteiger partial charge on any atom is -0.475 e. The molecule has 0 radical (unpaired) electrons. The number of benzene rings is 2. The molecule has 2 aliphatic heterocycles. The standard InChI is InChI=1S/C36H36ClFN8O2/c1-5-7-30(47)45-13-10-23(15-22(45)9-11-39)46-35-25-16-28(37)32(31-21(3)20(2)14-29-26(31)17-40-43-29)33(38)34(25)42-36(27(35)18-41-46)48-19-24-8-6-12-44(24)4/h14,16-18,22-24H,6,8-10,12-13,15,19H2,1-4H3,(H,40,43)/t22-,23+,24?/m1/s1. The zero-order valence-electron chi connectivity index (χ0n) is 27.4. The molecule has 2 fully saturated rings. The number of carbonyl (C=O) groups excluding carboxylic acids is 1. The summed E-state index contributed by atoms with van der Waals surface area (Å²) in [5.74, 6) is 4.76. The number of rotatable bonds is 6. The predicted octanol–water partition coefficient (Wildman–Crippen LogP) is 6.48. The Morgan fingerprint density at radius 2 is 1.98 bits per heavy atom. The highest BCUT2D eigenvalue weighted by Crippen LogP contribution is 2.44. The van der Waals surface area contributed by atoms with Gasteiger partial charge in [-0.1, -0.05) is 17.5 Å². The third-order valence-corrected chi connectivity index (χ3v) is 10.4. The number of nitrogens with one attached hydrogen (secondary N) is 1. The lowest BCUT2D eigenvalue weighted by atomic mass is 9.92. The van der Waals surface area contributed by atoms with Crippen LogP contribution in [0.15, 0.2) is 24.5 Å². The van der Waals surface area contributed by atoms with Gasteiger partial charge in [0.15, 0.2) is 5.82 Å². The van der Waals surface area contributed by atoms with E-state index in [0.717, 1.165) is 41.4 Å². The zero-order valence-corrected chi connectivity index (χ0v) is 28.2. The van der Waals surface area contributed by atoms with Gasteiger partial charge in [0, 0.05) is 40.5 Å². The second kappa shape index (κ2) is 12.7. The predicted molar refractivity (Wildman–Crippen MR) is 183 cm³/mol. The van der Waals surface area contributed by atoms with E-state index in [2.05, 4.69) is 40.1 Å². The number of fused-ring (bicyclic) bond motifs is 4. The fourth-order valence-electron chi connectivity index (χ4n) is 7.48. The van der Waals surface area contributed by atoms with Gasteiger partial charge in [-0.2, -0.15) is 15.5 Å². The maximum absolute atomic E-state index is 17.2. The van der Waals surface area contributed by atoms with E-state index in [0.29, 0.717) is 53.7 Å². The molecule has 1 unspecified atom stereocenters. The van der Waals surface area contributed by atoms with Gasteiger partial charge >= 0.3 is 0 Å². The van der Waals surface area contributed by atoms with E-state index < -0.39 is 5.82 Å². The topological polar surface area (TPSA) is 116 Å². The fourth-order valence-corrected chi connectivity index (χ4v) is 7.76. The molecular formula is C36H36ClFN8O2. The lowest BCUT2D eigenvalue weighted by Crippen LogP contribution is -2.46. The van der Waals surface area contributed by atoms with Crippen molar-refractivity contribution in [3.05, 3.63) is 46.5 Å². The first kappa shape index (κ1) is 31.9. The number of halogens is 2. The molecule has 0 aliphatic carbocycles. The first-order valence-corrected chi connectivity index (χ1v) is 16.7. The van der Waals surface area contributed by atoms with E-state index in [1.165, 1.54) is 0 Å². The Balaban J connectivity index is 1.41. The van der Waals surface area contributed by atoms with Gasteiger partial charge in [0.2, 0.25) is 5.88 Å². The van der Waals surface area contributed by atoms with Crippen molar-refractivity contribution in [1.29, 1.82) is 5.26 Å². The molecule has 0 saturated carbocycles. The number of hydrogen-bond acceptors (Lipinski definition) is 7. The second-order valence-electron chi connectivity index (χ2n) is 12.9. The number of nitrogens with zero attached hydrogens (tertiary/aromatic N) is 7. The number of piperidine rings is 1. The highest BCUT2D eigenvalue weighted by molar-refractivity contribution is 6.35. The van der Waals surface area contributed by atoms with Crippen LogP contribution < -0.4 is 4.74 Å². The third kappa shape index (κ3) is 5.32. The van der Waals surface area contributed by atoms with Crippen LogP contribution in [0.2, 0.25) is 5.02 Å². The summed E-state index contributed by atoms with van der Waals surface area (Å²) in [6.45, 7) is 7.38. The average Bonchev–Trinajstić information content (AvgIpc) is 3.82. The molecule has 2 aromatic carbocycles. The molecule has 0 bridgehead atoms. The number of carbonyl (C=O) groups is 1. The van der Waals surface area contributed by atoms with E-state index in [1.807, 2.05) is 24.6 Å². The number of pyridine rings is 1. The van der Waals surface area contributed by atoms with Gasteiger partial charge in [0.1, 0.15) is 12.1 Å². The number of H-pyrrole nitrogens is 1. The van der Waals surface area contributed by atoms with Crippen LogP contribution in [-0.2, 0) is 4.79 Å². The number of hydrogen-bond donors (Lipinski definition) is 1. The number of aryl methyl sites for hydroxylation is 1. The molecule has 246 valence electrons. The summed E-state index contributed by atoms with van der Waals surface area (Å²) in [7, 11) is 2.08. The Labute approximate surface area is 282 Å². The van der Waals surface area contributed by atoms with Crippen LogP contribution in [0.1, 0.15) is 56.2 Å². The fraction of sp³-hybridized carbons (Fsp3) is 0.417. The van der Waals surface area contributed by atoms with Crippen LogP contribution in [0, 0.1) is 42.8 Å². The van der Waals surface area contributed by atoms with Crippen LogP contribution in [0.25, 0.3) is 43.8 Å². The molecule has 48 heavy (non-hydrogen) atoms. The van der Waals surface area contributed by atoms with Crippen LogP contribution in [0.4, 0.5) is 4.39 Å². The molecule has 1 amide bonds. The minimum atomic E-state index is -0.549. The summed E-state index contributed by atoms with van der Waals surface area (Å²) in [4.78, 5) is 21.6. The number of aromatic nitrogens is 5. The molecule has 5 heterocycles. The Hall–Kier alpha value is -4.71. The summed E-state index contributed by atoms with van der Waals surface area (Å²) in [5.41, 5.74) is 4.38. The van der Waals surface area contributed by atoms with Gasteiger partial charge in [0.05, 0.1) is 52.4 Å². The van der Waals surface area contributed by atoms with Crippen molar-refractivity contribution >= 4 is 50.2 Å². The normalized spacial score (nSPS) is 19.9. The Bertz CT molecular complexity index is 2190. The van der Waals surface area contributed by atoms with Crippen LogP contribution in [0.5, 0.6) is 5.88 Å². The highest BCUT2D eigenvalue weighted by atomic mass is 35.5. The second-order valence-corrected chi connectivity index (χ2v) is 13.3. The number of amides is 1. The van der Waals surface area contributed by atoms with Gasteiger partial charge in [-0.3, -0.25) is 14.6 Å². The lowest BCUT2D eigenvalue weighted by Gasteiger charge is -2.37. The first-order chi connectivity index (χ1) is 23.2. The molecule has 12 heteroatoms. The van der Waals surface area contributed by atoms with Crippen molar-refractivity contribution in [3.63, 3.8) is 0 Å². The number of nitriles is 1. The SMILES string of the molecule is CC#CC(=O)N1CC[C@H](n2ncc3c(OCC4CCCN4C)nc4c(F)c(-c5c(C)c(C)cc6[nH]ncc56)c(Cl)cc4c32)C[C@H]1CC#N. The molecule has 3 atom stereocenters. The van der Waals surface area contributed by atoms with Crippen molar-refractivity contribution in [3.8, 4) is 34.9 Å². The van der Waals surface area contributed by atoms with E-state index in [4.69, 9.17) is 26.4 Å². The summed E-state index contributed by atoms with van der Waals surface area (Å²) in [6, 6.07) is 5.71. The summed E-state index contributed by atoms with van der Waals surface area (Å²) < 4.78 is 25.5. The van der Waals surface area contributed by atoms with Crippen molar-refractivity contribution in [1.82, 2.24) is 34.8 Å². The number of likely N-dealkylation sites (N-methyl/N-ethyl adjacent to an activating group) is 1. The molecule has 2 saturated heterocycles. The molecule has 0 spiro atoms. The largest absolute Gasteiger partial charge is 0.475 e. The smallest absolute Gasteiger partial charge is 0.298 e. The van der Waals surface area contributed by atoms with Crippen LogP contribution in [-0.4, -0.2) is 79.5 Å². The van der Waals surface area contributed by atoms with Gasteiger partial charge in [-0.25, -0.2) is 9.37 Å². The maximum Gasteiger partial charge on any atom is 0.298 e. The van der Waals surface area contributed by atoms with Gasteiger partial charge in [-0.15, -0.1) is 0 Å². The Morgan fingerprint density at radius 1 is 1.15 bits per heavy atom. The zero-order chi connectivity index (χ0) is 33.7. The molecule has 5 aromatic rings. The van der Waals surface area contributed by atoms with Gasteiger partial charge < -0.3 is 14.5 Å². The van der Waals surface area contributed by atoms with E-state index in [9.17, 15) is 10.1 Å². The summed E-state index contributed by atoms with van der Waals surface area (Å²) in [5, 5.41) is 23.8. The monoisotopic (exact) mass is 666 g/mol. The molecular weight excluding hydrogens is 631 g/mol. The molecule has 7 rings (SSSR count). The van der Waals surface area contributed by atoms with Crippen molar-refractivity contribution < 1.29 is 13.9 Å². The van der Waals surface area contributed by atoms with E-state index in [1.54, 1.807) is 30.3 Å². The first-order valence-electron chi connectivity index (χ1n) is 16.3. The number of aromatic amines is 1. The van der Waals surface area contributed by atoms with Crippen molar-refractivity contribution in [2.75, 3.05) is 26.7 Å². The van der Waals surface area contributed by atoms with E-state index >= 15 is 4.39 Å². The number of ether oxygens (including phenoxy) is 1. The van der Waals surface area contributed by atoms with Crippen LogP contribution in [0.3, 0.4) is 0 Å². The molecule has 1 N–H and O–H groups in total. The Morgan fingerprint density at radius 3 is 2.73 bits per heavy atom. The van der Waals surface area contributed by atoms with Gasteiger partial charge in [0.25, 0.3) is 5.91 Å². The highest BCUT2D eigenvalue weighted by Gasteiger charge is 2.34. The maximum atomic E-state index is 17.2. The molecule has 10 nitrogen and oxygen atoms in total. The Kier molecular flexibility index (Phi) is 8.44. The van der Waals surface area contributed by atoms with Gasteiger partial charge in [-0.05, 0) is 89.2 Å². The molecule has 3 aromatic heterocycles. The van der Waals surface area contributed by atoms with E-state index in [-0.39, 0.29) is 46.6 Å². The molecule has 2 aliphatic rings. The quantitative estimate of drug-likeness (QED) is 0.206. The third-order valence-electron chi connectivity index (χ3n) is 10.1. The van der Waals surface area contributed by atoms with Crippen molar-refractivity contribution in [2.45, 2.75) is 71.0 Å². The van der Waals surface area contributed by atoms with Crippen LogP contribution >= 0.6 is 11.6 Å². The van der Waals surface area contributed by atoms with Crippen molar-refractivity contribution in [2.24, 2.45) is 0 Å². The summed E-state index contributed by atoms with van der Waals surface area (Å²) in [6.07, 6.45) is 6.74. The summed E-state index contributed by atoms with van der Waals surface area (Å²) >= 11 is 7.03. The number of likely N-dealkylation sites (tertiary alicyclic amines) is 2.